The first-order valence-electron chi connectivity index (χ1n) is 6.72. The van der Waals surface area contributed by atoms with Gasteiger partial charge < -0.3 is 10.0 Å². The highest BCUT2D eigenvalue weighted by Crippen LogP contribution is 2.25. The van der Waals surface area contributed by atoms with E-state index in [1.165, 1.54) is 0 Å². The van der Waals surface area contributed by atoms with E-state index in [-0.39, 0.29) is 0 Å². The summed E-state index contributed by atoms with van der Waals surface area (Å²) in [7, 11) is 3.92. The lowest BCUT2D eigenvalue weighted by atomic mass is 9.91. The van der Waals surface area contributed by atoms with Gasteiger partial charge in [0.05, 0.1) is 0 Å². The number of carboxylic acids is 1. The minimum Gasteiger partial charge on any atom is -0.480 e. The van der Waals surface area contributed by atoms with Crippen LogP contribution in [0.3, 0.4) is 0 Å². The second-order valence-corrected chi connectivity index (χ2v) is 6.34. The molecule has 0 saturated heterocycles. The third-order valence-electron chi connectivity index (χ3n) is 3.59. The monoisotopic (exact) mass is 304 g/mol. The van der Waals surface area contributed by atoms with Gasteiger partial charge in [-0.15, -0.1) is 11.3 Å². The number of aliphatic carboxylic acids is 1. The summed E-state index contributed by atoms with van der Waals surface area (Å²) in [5, 5.41) is 14.8. The fraction of sp³-hybridized carbons (Fsp3) is 0.312. The van der Waals surface area contributed by atoms with E-state index in [0.29, 0.717) is 6.54 Å². The molecule has 0 amide bonds. The van der Waals surface area contributed by atoms with Gasteiger partial charge in [-0.3, -0.25) is 5.32 Å². The molecule has 0 fully saturated rings. The van der Waals surface area contributed by atoms with Crippen LogP contribution in [0.25, 0.3) is 0 Å². The van der Waals surface area contributed by atoms with E-state index in [1.54, 1.807) is 18.3 Å². The Labute approximate surface area is 129 Å². The third-order valence-corrected chi connectivity index (χ3v) is 4.46. The fourth-order valence-electron chi connectivity index (χ4n) is 2.07. The van der Waals surface area contributed by atoms with Crippen LogP contribution >= 0.6 is 11.3 Å². The van der Waals surface area contributed by atoms with Crippen molar-refractivity contribution in [3.05, 3.63) is 52.2 Å². The molecule has 112 valence electrons. The maximum atomic E-state index is 11.7. The molecule has 1 heterocycles. The smallest absolute Gasteiger partial charge is 0.328 e. The predicted octanol–water partition coefficient (Wildman–Crippen LogP) is 2.90. The van der Waals surface area contributed by atoms with Crippen LogP contribution in [0.4, 0.5) is 5.69 Å². The number of benzene rings is 1. The molecule has 21 heavy (non-hydrogen) atoms. The number of hydrogen-bond donors (Lipinski definition) is 2. The Hall–Kier alpha value is -1.85. The standard InChI is InChI=1S/C16H20N2O2S/c1-16(15(19)20,17-11-14-5-4-10-21-14)12-6-8-13(9-7-12)18(2)3/h4-10,17H,11H2,1-3H3,(H,19,20). The maximum Gasteiger partial charge on any atom is 0.328 e. The summed E-state index contributed by atoms with van der Waals surface area (Å²) in [4.78, 5) is 14.8. The van der Waals surface area contributed by atoms with E-state index in [9.17, 15) is 9.90 Å². The summed E-state index contributed by atoms with van der Waals surface area (Å²) in [6.45, 7) is 2.24. The first-order chi connectivity index (χ1) is 9.93. The van der Waals surface area contributed by atoms with Crippen LogP contribution in [-0.4, -0.2) is 25.2 Å². The van der Waals surface area contributed by atoms with Gasteiger partial charge >= 0.3 is 5.97 Å². The molecule has 0 aliphatic rings. The highest BCUT2D eigenvalue weighted by Gasteiger charge is 2.34. The zero-order valence-electron chi connectivity index (χ0n) is 12.5. The number of carboxylic acid groups (broad SMARTS) is 1. The molecule has 1 atom stereocenters. The summed E-state index contributed by atoms with van der Waals surface area (Å²) >= 11 is 1.61. The van der Waals surface area contributed by atoms with Crippen LogP contribution in [0, 0.1) is 0 Å². The molecule has 0 radical (unpaired) electrons. The normalized spacial score (nSPS) is 13.7. The Balaban J connectivity index is 2.22. The maximum absolute atomic E-state index is 11.7. The van der Waals surface area contributed by atoms with Gasteiger partial charge in [0.15, 0.2) is 0 Å². The minimum absolute atomic E-state index is 0.538. The molecule has 2 aromatic rings. The molecule has 1 aromatic heterocycles. The van der Waals surface area contributed by atoms with Gasteiger partial charge in [0.1, 0.15) is 5.54 Å². The number of nitrogens with zero attached hydrogens (tertiary/aromatic N) is 1. The van der Waals surface area contributed by atoms with Crippen LogP contribution < -0.4 is 10.2 Å². The molecule has 0 bridgehead atoms. The molecule has 2 rings (SSSR count). The molecule has 2 N–H and O–H groups in total. The summed E-state index contributed by atoms with van der Waals surface area (Å²) in [6.07, 6.45) is 0. The van der Waals surface area contributed by atoms with Crippen LogP contribution in [0.5, 0.6) is 0 Å². The Morgan fingerprint density at radius 2 is 1.95 bits per heavy atom. The zero-order chi connectivity index (χ0) is 15.5. The molecule has 5 heteroatoms. The number of anilines is 1. The summed E-state index contributed by atoms with van der Waals surface area (Å²) in [6, 6.07) is 11.6. The van der Waals surface area contributed by atoms with Crippen molar-refractivity contribution in [2.45, 2.75) is 19.0 Å². The van der Waals surface area contributed by atoms with Crippen molar-refractivity contribution in [1.82, 2.24) is 5.32 Å². The second kappa shape index (κ2) is 6.28. The highest BCUT2D eigenvalue weighted by atomic mass is 32.1. The van der Waals surface area contributed by atoms with Crippen molar-refractivity contribution in [1.29, 1.82) is 0 Å². The van der Waals surface area contributed by atoms with E-state index in [2.05, 4.69) is 5.32 Å². The lowest BCUT2D eigenvalue weighted by Gasteiger charge is -2.27. The quantitative estimate of drug-likeness (QED) is 0.861. The van der Waals surface area contributed by atoms with Crippen molar-refractivity contribution in [2.75, 3.05) is 19.0 Å². The third kappa shape index (κ3) is 3.43. The Morgan fingerprint density at radius 3 is 2.43 bits per heavy atom. The lowest BCUT2D eigenvalue weighted by molar-refractivity contribution is -0.144. The average molecular weight is 304 g/mol. The molecule has 4 nitrogen and oxygen atoms in total. The van der Waals surface area contributed by atoms with Gasteiger partial charge in [0.2, 0.25) is 0 Å². The van der Waals surface area contributed by atoms with Gasteiger partial charge in [0, 0.05) is 31.2 Å². The largest absolute Gasteiger partial charge is 0.480 e. The summed E-state index contributed by atoms with van der Waals surface area (Å²) < 4.78 is 0. The van der Waals surface area contributed by atoms with Crippen molar-refractivity contribution >= 4 is 23.0 Å². The number of thiophene rings is 1. The minimum atomic E-state index is -1.10. The van der Waals surface area contributed by atoms with Crippen LogP contribution in [-0.2, 0) is 16.9 Å². The number of nitrogens with one attached hydrogen (secondary N) is 1. The van der Waals surface area contributed by atoms with Crippen molar-refractivity contribution in [3.8, 4) is 0 Å². The van der Waals surface area contributed by atoms with Crippen LogP contribution in [0.1, 0.15) is 17.4 Å². The van der Waals surface area contributed by atoms with E-state index >= 15 is 0 Å². The zero-order valence-corrected chi connectivity index (χ0v) is 13.3. The number of carbonyl (C=O) groups is 1. The van der Waals surface area contributed by atoms with Crippen LogP contribution in [0.2, 0.25) is 0 Å². The van der Waals surface area contributed by atoms with Crippen molar-refractivity contribution in [2.24, 2.45) is 0 Å². The molecule has 1 unspecified atom stereocenters. The lowest BCUT2D eigenvalue weighted by Crippen LogP contribution is -2.46. The van der Waals surface area contributed by atoms with E-state index < -0.39 is 11.5 Å². The molecule has 0 aliphatic heterocycles. The molecular weight excluding hydrogens is 284 g/mol. The number of hydrogen-bond acceptors (Lipinski definition) is 4. The Bertz CT molecular complexity index is 593. The number of rotatable bonds is 6. The summed E-state index contributed by atoms with van der Waals surface area (Å²) in [5.74, 6) is -0.878. The first-order valence-corrected chi connectivity index (χ1v) is 7.60. The second-order valence-electron chi connectivity index (χ2n) is 5.30. The van der Waals surface area contributed by atoms with E-state index in [4.69, 9.17) is 0 Å². The predicted molar refractivity (Wildman–Crippen MR) is 86.9 cm³/mol. The molecule has 0 aliphatic carbocycles. The van der Waals surface area contributed by atoms with Gasteiger partial charge in [-0.2, -0.15) is 0 Å². The van der Waals surface area contributed by atoms with Crippen molar-refractivity contribution < 1.29 is 9.90 Å². The Kier molecular flexibility index (Phi) is 4.65. The van der Waals surface area contributed by atoms with Gasteiger partial charge in [-0.05, 0) is 36.1 Å². The van der Waals surface area contributed by atoms with Crippen molar-refractivity contribution in [3.63, 3.8) is 0 Å². The van der Waals surface area contributed by atoms with E-state index in [1.807, 2.05) is 60.8 Å². The molecule has 0 spiro atoms. The van der Waals surface area contributed by atoms with Gasteiger partial charge in [0.25, 0.3) is 0 Å². The highest BCUT2D eigenvalue weighted by molar-refractivity contribution is 7.09. The SMILES string of the molecule is CN(C)c1ccc(C(C)(NCc2cccs2)C(=O)O)cc1. The Morgan fingerprint density at radius 1 is 1.29 bits per heavy atom. The van der Waals surface area contributed by atoms with Gasteiger partial charge in [-0.1, -0.05) is 18.2 Å². The fourth-order valence-corrected chi connectivity index (χ4v) is 2.72. The van der Waals surface area contributed by atoms with Crippen LogP contribution in [0.15, 0.2) is 41.8 Å². The average Bonchev–Trinajstić information content (AvgIpc) is 2.98. The molecule has 0 saturated carbocycles. The topological polar surface area (TPSA) is 52.6 Å². The summed E-state index contributed by atoms with van der Waals surface area (Å²) in [5.41, 5.74) is 0.691. The molecule has 1 aromatic carbocycles. The first kappa shape index (κ1) is 15.5. The molecular formula is C16H20N2O2S. The van der Waals surface area contributed by atoms with Gasteiger partial charge in [-0.25, -0.2) is 4.79 Å². The van der Waals surface area contributed by atoms with E-state index in [0.717, 1.165) is 16.1 Å².